The van der Waals surface area contributed by atoms with Crippen LogP contribution in [0.2, 0.25) is 0 Å². The zero-order valence-electron chi connectivity index (χ0n) is 11.1. The van der Waals surface area contributed by atoms with Crippen molar-refractivity contribution >= 4 is 22.6 Å². The summed E-state index contributed by atoms with van der Waals surface area (Å²) >= 11 is 2.28. The number of halogens is 1. The zero-order chi connectivity index (χ0) is 13.4. The lowest BCUT2D eigenvalue weighted by Gasteiger charge is -2.43. The molecule has 0 heterocycles. The number of hydrogen-bond donors (Lipinski definition) is 2. The van der Waals surface area contributed by atoms with Gasteiger partial charge < -0.3 is 10.8 Å². The number of hydrogen-bond acceptors (Lipinski definition) is 2. The van der Waals surface area contributed by atoms with Gasteiger partial charge in [-0.15, -0.1) is 0 Å². The Morgan fingerprint density at radius 1 is 1.44 bits per heavy atom. The second-order valence-electron chi connectivity index (χ2n) is 5.91. The van der Waals surface area contributed by atoms with Crippen LogP contribution in [0, 0.1) is 14.9 Å². The molecule has 0 spiro atoms. The van der Waals surface area contributed by atoms with Crippen LogP contribution in [0.3, 0.4) is 0 Å². The zero-order valence-corrected chi connectivity index (χ0v) is 13.3. The quantitative estimate of drug-likeness (QED) is 0.814. The SMILES string of the molecule is CC1CCC(CN)(C(C)(O)c2ccc(I)cc2)C1. The first-order valence-corrected chi connectivity index (χ1v) is 7.68. The molecule has 1 aliphatic carbocycles. The highest BCUT2D eigenvalue weighted by Gasteiger charge is 2.50. The molecule has 0 bridgehead atoms. The summed E-state index contributed by atoms with van der Waals surface area (Å²) in [6.45, 7) is 4.73. The van der Waals surface area contributed by atoms with Crippen LogP contribution < -0.4 is 5.73 Å². The molecule has 2 rings (SSSR count). The summed E-state index contributed by atoms with van der Waals surface area (Å²) in [6.07, 6.45) is 3.20. The maximum atomic E-state index is 11.1. The maximum absolute atomic E-state index is 11.1. The molecule has 3 N–H and O–H groups in total. The highest BCUT2D eigenvalue weighted by Crippen LogP contribution is 2.52. The van der Waals surface area contributed by atoms with Gasteiger partial charge in [0.25, 0.3) is 0 Å². The molecule has 1 aromatic carbocycles. The van der Waals surface area contributed by atoms with Crippen molar-refractivity contribution in [3.8, 4) is 0 Å². The standard InChI is InChI=1S/C15H22INO/c1-11-7-8-15(9-11,10-17)14(2,18)12-3-5-13(16)6-4-12/h3-6,11,18H,7-10,17H2,1-2H3. The highest BCUT2D eigenvalue weighted by atomic mass is 127. The number of aliphatic hydroxyl groups is 1. The van der Waals surface area contributed by atoms with Crippen molar-refractivity contribution in [2.24, 2.45) is 17.1 Å². The van der Waals surface area contributed by atoms with Crippen LogP contribution in [-0.4, -0.2) is 11.7 Å². The normalized spacial score (nSPS) is 31.3. The molecule has 0 aliphatic heterocycles. The minimum Gasteiger partial charge on any atom is -0.385 e. The number of nitrogens with two attached hydrogens (primary N) is 1. The van der Waals surface area contributed by atoms with Gasteiger partial charge in [0.15, 0.2) is 0 Å². The van der Waals surface area contributed by atoms with E-state index in [1.165, 1.54) is 3.57 Å². The van der Waals surface area contributed by atoms with Crippen molar-refractivity contribution in [3.05, 3.63) is 33.4 Å². The first-order valence-electron chi connectivity index (χ1n) is 6.60. The molecular formula is C15H22INO. The average molecular weight is 359 g/mol. The lowest BCUT2D eigenvalue weighted by atomic mass is 9.67. The molecular weight excluding hydrogens is 337 g/mol. The Kier molecular flexibility index (Phi) is 4.04. The van der Waals surface area contributed by atoms with Gasteiger partial charge in [-0.1, -0.05) is 19.1 Å². The maximum Gasteiger partial charge on any atom is 0.0936 e. The molecule has 2 nitrogen and oxygen atoms in total. The van der Waals surface area contributed by atoms with E-state index in [2.05, 4.69) is 29.5 Å². The van der Waals surface area contributed by atoms with Gasteiger partial charge in [-0.05, 0) is 72.4 Å². The van der Waals surface area contributed by atoms with Crippen molar-refractivity contribution in [2.45, 2.75) is 38.7 Å². The first-order chi connectivity index (χ1) is 8.41. The van der Waals surface area contributed by atoms with E-state index in [1.54, 1.807) is 0 Å². The lowest BCUT2D eigenvalue weighted by Crippen LogP contribution is -2.47. The van der Waals surface area contributed by atoms with Crippen LogP contribution in [0.25, 0.3) is 0 Å². The largest absolute Gasteiger partial charge is 0.385 e. The predicted octanol–water partition coefficient (Wildman–Crippen LogP) is 3.26. The summed E-state index contributed by atoms with van der Waals surface area (Å²) < 4.78 is 1.19. The van der Waals surface area contributed by atoms with Crippen molar-refractivity contribution in [1.82, 2.24) is 0 Å². The van der Waals surface area contributed by atoms with Gasteiger partial charge in [0.1, 0.15) is 0 Å². The fourth-order valence-corrected chi connectivity index (χ4v) is 3.66. The van der Waals surface area contributed by atoms with E-state index in [-0.39, 0.29) is 5.41 Å². The molecule has 0 aromatic heterocycles. The third kappa shape index (κ3) is 2.32. The fourth-order valence-electron chi connectivity index (χ4n) is 3.30. The summed E-state index contributed by atoms with van der Waals surface area (Å²) in [5, 5.41) is 11.1. The van der Waals surface area contributed by atoms with Gasteiger partial charge in [0.05, 0.1) is 5.60 Å². The molecule has 100 valence electrons. The summed E-state index contributed by atoms with van der Waals surface area (Å²) in [4.78, 5) is 0. The smallest absolute Gasteiger partial charge is 0.0936 e. The molecule has 3 heteroatoms. The van der Waals surface area contributed by atoms with E-state index in [1.807, 2.05) is 31.2 Å². The summed E-state index contributed by atoms with van der Waals surface area (Å²) in [5.41, 5.74) is 6.01. The molecule has 0 saturated heterocycles. The minimum absolute atomic E-state index is 0.167. The van der Waals surface area contributed by atoms with Gasteiger partial charge in [-0.25, -0.2) is 0 Å². The number of benzene rings is 1. The fraction of sp³-hybridized carbons (Fsp3) is 0.600. The monoisotopic (exact) mass is 359 g/mol. The van der Waals surface area contributed by atoms with E-state index in [0.29, 0.717) is 12.5 Å². The second kappa shape index (κ2) is 5.10. The molecule has 1 saturated carbocycles. The Morgan fingerprint density at radius 2 is 2.06 bits per heavy atom. The van der Waals surface area contributed by atoms with Gasteiger partial charge in [0, 0.05) is 15.5 Å². The second-order valence-corrected chi connectivity index (χ2v) is 7.16. The van der Waals surface area contributed by atoms with Crippen LogP contribution >= 0.6 is 22.6 Å². The van der Waals surface area contributed by atoms with Crippen LogP contribution in [0.15, 0.2) is 24.3 Å². The van der Waals surface area contributed by atoms with Crippen LogP contribution in [-0.2, 0) is 5.60 Å². The molecule has 3 unspecified atom stereocenters. The van der Waals surface area contributed by atoms with Crippen molar-refractivity contribution in [2.75, 3.05) is 6.54 Å². The predicted molar refractivity (Wildman–Crippen MR) is 83.2 cm³/mol. The van der Waals surface area contributed by atoms with Crippen molar-refractivity contribution in [3.63, 3.8) is 0 Å². The summed E-state index contributed by atoms with van der Waals surface area (Å²) in [7, 11) is 0. The van der Waals surface area contributed by atoms with Gasteiger partial charge >= 0.3 is 0 Å². The molecule has 3 atom stereocenters. The molecule has 18 heavy (non-hydrogen) atoms. The van der Waals surface area contributed by atoms with Crippen LogP contribution in [0.1, 0.15) is 38.7 Å². The van der Waals surface area contributed by atoms with Gasteiger partial charge in [-0.3, -0.25) is 0 Å². The van der Waals surface area contributed by atoms with Crippen LogP contribution in [0.5, 0.6) is 0 Å². The Morgan fingerprint density at radius 3 is 2.50 bits per heavy atom. The van der Waals surface area contributed by atoms with Crippen LogP contribution in [0.4, 0.5) is 0 Å². The topological polar surface area (TPSA) is 46.2 Å². The summed E-state index contributed by atoms with van der Waals surface area (Å²) in [6, 6.07) is 8.16. The third-order valence-electron chi connectivity index (χ3n) is 4.68. The van der Waals surface area contributed by atoms with E-state index < -0.39 is 5.60 Å². The Labute approximate surface area is 123 Å². The lowest BCUT2D eigenvalue weighted by molar-refractivity contribution is -0.0711. The first kappa shape index (κ1) is 14.3. The molecule has 0 radical (unpaired) electrons. The number of rotatable bonds is 3. The molecule has 1 aliphatic rings. The Balaban J connectivity index is 2.37. The summed E-state index contributed by atoms with van der Waals surface area (Å²) in [5.74, 6) is 0.656. The van der Waals surface area contributed by atoms with Crippen molar-refractivity contribution < 1.29 is 5.11 Å². The molecule has 0 amide bonds. The van der Waals surface area contributed by atoms with Crippen molar-refractivity contribution in [1.29, 1.82) is 0 Å². The van der Waals surface area contributed by atoms with E-state index in [4.69, 9.17) is 5.73 Å². The van der Waals surface area contributed by atoms with E-state index in [0.717, 1.165) is 24.8 Å². The van der Waals surface area contributed by atoms with E-state index in [9.17, 15) is 5.11 Å². The average Bonchev–Trinajstić information content (AvgIpc) is 2.73. The Bertz CT molecular complexity index is 415. The highest BCUT2D eigenvalue weighted by molar-refractivity contribution is 14.1. The molecule has 1 fully saturated rings. The third-order valence-corrected chi connectivity index (χ3v) is 5.40. The Hall–Kier alpha value is -0.130. The molecule has 1 aromatic rings. The van der Waals surface area contributed by atoms with E-state index >= 15 is 0 Å². The minimum atomic E-state index is -0.836. The van der Waals surface area contributed by atoms with Gasteiger partial charge in [-0.2, -0.15) is 0 Å². The van der Waals surface area contributed by atoms with Gasteiger partial charge in [0.2, 0.25) is 0 Å².